The Hall–Kier alpha value is -3.35. The van der Waals surface area contributed by atoms with E-state index in [1.807, 2.05) is 28.9 Å². The molecule has 2 fully saturated rings. The molecule has 2 aromatic heterocycles. The lowest BCUT2D eigenvalue weighted by molar-refractivity contribution is -0.0786. The summed E-state index contributed by atoms with van der Waals surface area (Å²) in [6, 6.07) is 6.17. The van der Waals surface area contributed by atoms with Gasteiger partial charge in [-0.3, -0.25) is 10.00 Å². The Morgan fingerprint density at radius 2 is 2.06 bits per heavy atom. The van der Waals surface area contributed by atoms with Crippen molar-refractivity contribution in [3.8, 4) is 17.2 Å². The second kappa shape index (κ2) is 7.57. The van der Waals surface area contributed by atoms with E-state index < -0.39 is 12.2 Å². The van der Waals surface area contributed by atoms with E-state index in [-0.39, 0.29) is 24.0 Å². The number of aliphatic hydroxyl groups excluding tert-OH is 1. The van der Waals surface area contributed by atoms with Gasteiger partial charge in [0.15, 0.2) is 0 Å². The van der Waals surface area contributed by atoms with Crippen molar-refractivity contribution in [2.24, 2.45) is 5.41 Å². The van der Waals surface area contributed by atoms with Gasteiger partial charge < -0.3 is 10.0 Å². The lowest BCUT2D eigenvalue weighted by Crippen LogP contribution is -2.60. The third-order valence-corrected chi connectivity index (χ3v) is 7.91. The molecule has 0 radical (unpaired) electrons. The van der Waals surface area contributed by atoms with E-state index in [2.05, 4.69) is 27.8 Å². The van der Waals surface area contributed by atoms with Gasteiger partial charge in [0.2, 0.25) is 0 Å². The molecule has 0 bridgehead atoms. The number of alkyl halides is 2. The van der Waals surface area contributed by atoms with Crippen LogP contribution in [0, 0.1) is 23.7 Å². The zero-order valence-corrected chi connectivity index (χ0v) is 19.5. The molecular weight excluding hydrogens is 450 g/mol. The summed E-state index contributed by atoms with van der Waals surface area (Å²) in [4.78, 5) is 8.40. The van der Waals surface area contributed by atoms with Crippen molar-refractivity contribution in [2.45, 2.75) is 38.3 Å². The van der Waals surface area contributed by atoms with Crippen LogP contribution in [0.25, 0.3) is 22.0 Å². The summed E-state index contributed by atoms with van der Waals surface area (Å²) in [5.41, 5.74) is 3.57. The Morgan fingerprint density at radius 1 is 1.26 bits per heavy atom. The van der Waals surface area contributed by atoms with Crippen molar-refractivity contribution in [2.75, 3.05) is 31.1 Å². The number of aryl methyl sites for hydroxylation is 1. The number of H-pyrrole nitrogens is 1. The first-order valence-electron chi connectivity index (χ1n) is 11.8. The van der Waals surface area contributed by atoms with E-state index in [0.29, 0.717) is 48.7 Å². The predicted molar refractivity (Wildman–Crippen MR) is 128 cm³/mol. The summed E-state index contributed by atoms with van der Waals surface area (Å²) in [6.07, 6.45) is 3.21. The van der Waals surface area contributed by atoms with Crippen LogP contribution in [0.3, 0.4) is 0 Å². The van der Waals surface area contributed by atoms with Crippen molar-refractivity contribution in [3.05, 3.63) is 53.4 Å². The monoisotopic (exact) mass is 476 g/mol. The van der Waals surface area contributed by atoms with Crippen LogP contribution >= 0.6 is 0 Å². The van der Waals surface area contributed by atoms with Crippen LogP contribution in [0.15, 0.2) is 31.0 Å². The predicted octanol–water partition coefficient (Wildman–Crippen LogP) is 3.86. The van der Waals surface area contributed by atoms with Crippen molar-refractivity contribution in [3.63, 3.8) is 0 Å². The standard InChI is InChI=1S/C26H26F2N6O/c1-3-20(35)34-13-25(14-34)8-9-33(12-25)24-17(10-29)22(16-6-7-26(27,28)23(16)31-24)21-15(2)4-5-19-18(21)11-30-32-19/h3-5,11,20,35H,1,6-9,12-14H2,2H3,(H,30,32). The highest BCUT2D eigenvalue weighted by Gasteiger charge is 2.50. The Morgan fingerprint density at radius 3 is 2.80 bits per heavy atom. The van der Waals surface area contributed by atoms with Gasteiger partial charge in [0.05, 0.1) is 11.7 Å². The van der Waals surface area contributed by atoms with Crippen LogP contribution in [0.1, 0.15) is 35.2 Å². The highest BCUT2D eigenvalue weighted by molar-refractivity contribution is 5.99. The number of benzene rings is 1. The second-order valence-corrected chi connectivity index (χ2v) is 10.1. The molecule has 9 heteroatoms. The van der Waals surface area contributed by atoms with Gasteiger partial charge in [0.1, 0.15) is 29.4 Å². The number of nitrogens with one attached hydrogen (secondary N) is 1. The van der Waals surface area contributed by atoms with E-state index in [1.54, 1.807) is 6.20 Å². The number of aromatic amines is 1. The highest BCUT2D eigenvalue weighted by atomic mass is 19.3. The van der Waals surface area contributed by atoms with Gasteiger partial charge in [-0.05, 0) is 48.6 Å². The quantitative estimate of drug-likeness (QED) is 0.556. The molecule has 6 rings (SSSR count). The van der Waals surface area contributed by atoms with Gasteiger partial charge in [0.25, 0.3) is 5.92 Å². The summed E-state index contributed by atoms with van der Waals surface area (Å²) < 4.78 is 30.1. The van der Waals surface area contributed by atoms with Crippen LogP contribution in [-0.4, -0.2) is 57.6 Å². The molecule has 2 aliphatic heterocycles. The lowest BCUT2D eigenvalue weighted by atomic mass is 9.79. The molecule has 180 valence electrons. The molecule has 2 N–H and O–H groups in total. The van der Waals surface area contributed by atoms with E-state index in [0.717, 1.165) is 28.5 Å². The minimum atomic E-state index is -3.04. The number of aliphatic hydroxyl groups is 1. The molecule has 7 nitrogen and oxygen atoms in total. The molecule has 1 atom stereocenters. The number of rotatable bonds is 4. The van der Waals surface area contributed by atoms with Gasteiger partial charge in [-0.15, -0.1) is 0 Å². The molecule has 1 aliphatic carbocycles. The Kier molecular flexibility index (Phi) is 4.79. The molecular formula is C26H26F2N6O. The number of likely N-dealkylation sites (tertiary alicyclic amines) is 1. The fourth-order valence-corrected chi connectivity index (χ4v) is 6.15. The molecule has 1 spiro atoms. The minimum Gasteiger partial charge on any atom is -0.375 e. The van der Waals surface area contributed by atoms with Gasteiger partial charge in [-0.2, -0.15) is 19.1 Å². The number of hydrogen-bond acceptors (Lipinski definition) is 6. The smallest absolute Gasteiger partial charge is 0.290 e. The Bertz CT molecular complexity index is 1400. The van der Waals surface area contributed by atoms with Crippen molar-refractivity contribution < 1.29 is 13.9 Å². The first-order chi connectivity index (χ1) is 16.8. The van der Waals surface area contributed by atoms with Crippen molar-refractivity contribution in [1.29, 1.82) is 5.26 Å². The highest BCUT2D eigenvalue weighted by Crippen LogP contribution is 2.50. The average molecular weight is 477 g/mol. The summed E-state index contributed by atoms with van der Waals surface area (Å²) in [7, 11) is 0. The zero-order valence-electron chi connectivity index (χ0n) is 19.5. The van der Waals surface area contributed by atoms with Crippen LogP contribution in [-0.2, 0) is 12.3 Å². The van der Waals surface area contributed by atoms with Crippen molar-refractivity contribution in [1.82, 2.24) is 20.1 Å². The molecule has 3 aromatic rings. The number of nitriles is 1. The topological polar surface area (TPSA) is 92.1 Å². The maximum atomic E-state index is 15.1. The number of halogens is 2. The number of nitrogens with zero attached hydrogens (tertiary/aromatic N) is 5. The summed E-state index contributed by atoms with van der Waals surface area (Å²) in [5.74, 6) is -2.70. The first-order valence-corrected chi connectivity index (χ1v) is 11.8. The van der Waals surface area contributed by atoms with Crippen molar-refractivity contribution >= 4 is 16.7 Å². The van der Waals surface area contributed by atoms with Gasteiger partial charge >= 0.3 is 0 Å². The van der Waals surface area contributed by atoms with E-state index in [9.17, 15) is 10.4 Å². The van der Waals surface area contributed by atoms with E-state index >= 15 is 8.78 Å². The van der Waals surface area contributed by atoms with Gasteiger partial charge in [-0.25, -0.2) is 4.98 Å². The third-order valence-electron chi connectivity index (χ3n) is 7.91. The maximum absolute atomic E-state index is 15.1. The maximum Gasteiger partial charge on any atom is 0.290 e. The molecule has 0 saturated carbocycles. The molecule has 1 unspecified atom stereocenters. The van der Waals surface area contributed by atoms with Gasteiger partial charge in [0, 0.05) is 49.0 Å². The molecule has 1 aromatic carbocycles. The largest absolute Gasteiger partial charge is 0.375 e. The van der Waals surface area contributed by atoms with Crippen LogP contribution in [0.4, 0.5) is 14.6 Å². The fraction of sp³-hybridized carbons (Fsp3) is 0.423. The molecule has 0 amide bonds. The normalized spacial score (nSPS) is 21.2. The zero-order chi connectivity index (χ0) is 24.5. The number of fused-ring (bicyclic) bond motifs is 2. The molecule has 3 aliphatic rings. The molecule has 35 heavy (non-hydrogen) atoms. The number of pyridine rings is 1. The number of anilines is 1. The first kappa shape index (κ1) is 22.1. The van der Waals surface area contributed by atoms with Crippen LogP contribution in [0.5, 0.6) is 0 Å². The molecule has 2 saturated heterocycles. The summed E-state index contributed by atoms with van der Waals surface area (Å²) in [5, 5.41) is 28.3. The number of hydrogen-bond donors (Lipinski definition) is 2. The summed E-state index contributed by atoms with van der Waals surface area (Å²) >= 11 is 0. The Balaban J connectivity index is 1.50. The SMILES string of the molecule is C=CC(O)N1CC2(CCN(c3nc4c(c(-c5c(C)ccc6[nH]ncc56)c3C#N)CCC4(F)F)C2)C1. The van der Waals surface area contributed by atoms with E-state index in [1.165, 1.54) is 6.08 Å². The van der Waals surface area contributed by atoms with Crippen LogP contribution in [0.2, 0.25) is 0 Å². The number of aromatic nitrogens is 3. The molecule has 4 heterocycles. The average Bonchev–Trinajstić information content (AvgIpc) is 3.54. The van der Waals surface area contributed by atoms with Crippen LogP contribution < -0.4 is 4.90 Å². The lowest BCUT2D eigenvalue weighted by Gasteiger charge is -2.49. The summed E-state index contributed by atoms with van der Waals surface area (Å²) in [6.45, 7) is 8.20. The minimum absolute atomic E-state index is 0.0550. The Labute approximate surface area is 201 Å². The third kappa shape index (κ3) is 3.20. The second-order valence-electron chi connectivity index (χ2n) is 10.1. The van der Waals surface area contributed by atoms with Gasteiger partial charge in [-0.1, -0.05) is 12.6 Å². The fourth-order valence-electron chi connectivity index (χ4n) is 6.15. The van der Waals surface area contributed by atoms with E-state index in [4.69, 9.17) is 0 Å².